The second-order valence-corrected chi connectivity index (χ2v) is 6.15. The molecule has 0 radical (unpaired) electrons. The highest BCUT2D eigenvalue weighted by Crippen LogP contribution is 2.21. The molecule has 1 N–H and O–H groups in total. The molecule has 1 aromatic heterocycles. The van der Waals surface area contributed by atoms with Crippen molar-refractivity contribution >= 4 is 16.7 Å². The molecule has 0 aliphatic carbocycles. The molecule has 0 aliphatic heterocycles. The Kier molecular flexibility index (Phi) is 6.21. The molecule has 0 fully saturated rings. The summed E-state index contributed by atoms with van der Waals surface area (Å²) in [5.41, 5.74) is 2.24. The van der Waals surface area contributed by atoms with E-state index >= 15 is 0 Å². The standard InChI is InChI=1S/C15H13N3S.ClHO4/c1-16-15-17-14(12-8-4-2-5-9-12)18(19-15)13-10-6-3-7-11-13;2-1(3,4)5/h2-11H,1H3;(H,2,3,4,5). The van der Waals surface area contributed by atoms with Crippen molar-refractivity contribution in [2.45, 2.75) is 0 Å². The van der Waals surface area contributed by atoms with Gasteiger partial charge in [0.1, 0.15) is 17.2 Å². The van der Waals surface area contributed by atoms with Crippen LogP contribution < -0.4 is 27.9 Å². The Balaban J connectivity index is 0.000000368. The zero-order valence-electron chi connectivity index (χ0n) is 12.6. The lowest BCUT2D eigenvalue weighted by molar-refractivity contribution is -2.00. The van der Waals surface area contributed by atoms with Gasteiger partial charge in [0.15, 0.2) is 0 Å². The van der Waals surface area contributed by atoms with Gasteiger partial charge in [-0.05, 0) is 29.2 Å². The van der Waals surface area contributed by atoms with E-state index in [4.69, 9.17) is 18.6 Å². The maximum atomic E-state index is 8.49. The number of para-hydroxylation sites is 1. The van der Waals surface area contributed by atoms with Gasteiger partial charge in [0.05, 0.1) is 5.56 Å². The number of hydrogen-bond acceptors (Lipinski definition) is 7. The number of anilines is 1. The minimum absolute atomic E-state index is 0.905. The molecule has 0 atom stereocenters. The predicted molar refractivity (Wildman–Crippen MR) is 78.6 cm³/mol. The number of nitrogens with zero attached hydrogens (tertiary/aromatic N) is 2. The fourth-order valence-electron chi connectivity index (χ4n) is 1.90. The monoisotopic (exact) mass is 367 g/mol. The van der Waals surface area contributed by atoms with Gasteiger partial charge in [-0.2, -0.15) is 0 Å². The van der Waals surface area contributed by atoms with Crippen LogP contribution in [0.2, 0.25) is 0 Å². The van der Waals surface area contributed by atoms with E-state index in [1.54, 1.807) is 11.5 Å². The predicted octanol–water partition coefficient (Wildman–Crippen LogP) is -1.63. The van der Waals surface area contributed by atoms with Gasteiger partial charge in [0, 0.05) is 7.05 Å². The highest BCUT2D eigenvalue weighted by molar-refractivity contribution is 7.06. The fraction of sp³-hybridized carbons (Fsp3) is 0.0667. The van der Waals surface area contributed by atoms with E-state index < -0.39 is 10.2 Å². The topological polar surface area (TPSA) is 121 Å². The van der Waals surface area contributed by atoms with Crippen molar-refractivity contribution < 1.29 is 32.8 Å². The lowest BCUT2D eigenvalue weighted by Crippen LogP contribution is -2.68. The molecule has 0 saturated carbocycles. The van der Waals surface area contributed by atoms with E-state index in [1.807, 2.05) is 43.4 Å². The third kappa shape index (κ3) is 5.53. The Bertz CT molecular complexity index is 700. The quantitative estimate of drug-likeness (QED) is 0.555. The minimum Gasteiger partial charge on any atom is -0.341 e. The molecule has 0 aliphatic rings. The molecule has 9 heteroatoms. The summed E-state index contributed by atoms with van der Waals surface area (Å²) in [5.74, 6) is 0.959. The van der Waals surface area contributed by atoms with Crippen LogP contribution in [0.15, 0.2) is 60.7 Å². The second-order valence-electron chi connectivity index (χ2n) is 4.46. The maximum absolute atomic E-state index is 8.49. The summed E-state index contributed by atoms with van der Waals surface area (Å²) in [6, 6.07) is 20.5. The molecule has 0 saturated heterocycles. The van der Waals surface area contributed by atoms with Crippen LogP contribution in [0, 0.1) is 10.2 Å². The van der Waals surface area contributed by atoms with Crippen LogP contribution in [0.5, 0.6) is 0 Å². The second kappa shape index (κ2) is 8.15. The first-order valence-electron chi connectivity index (χ1n) is 6.72. The Morgan fingerprint density at radius 3 is 1.92 bits per heavy atom. The van der Waals surface area contributed by atoms with E-state index in [-0.39, 0.29) is 0 Å². The summed E-state index contributed by atoms with van der Waals surface area (Å²) in [4.78, 5) is 4.65. The smallest absolute Gasteiger partial charge is 0.341 e. The van der Waals surface area contributed by atoms with Crippen molar-refractivity contribution in [2.24, 2.45) is 0 Å². The number of benzene rings is 2. The first-order chi connectivity index (χ1) is 11.4. The van der Waals surface area contributed by atoms with Crippen LogP contribution in [-0.4, -0.2) is 12.0 Å². The lowest BCUT2D eigenvalue weighted by atomic mass is 10.2. The van der Waals surface area contributed by atoms with E-state index in [0.29, 0.717) is 0 Å². The fourth-order valence-corrected chi connectivity index (χ4v) is 2.75. The van der Waals surface area contributed by atoms with E-state index in [1.165, 1.54) is 0 Å². The Morgan fingerprint density at radius 2 is 1.42 bits per heavy atom. The Labute approximate surface area is 145 Å². The van der Waals surface area contributed by atoms with Gasteiger partial charge in [-0.15, -0.1) is 14.2 Å². The Hall–Kier alpha value is -2.07. The number of rotatable bonds is 3. The van der Waals surface area contributed by atoms with Crippen molar-refractivity contribution in [3.8, 4) is 17.1 Å². The first-order valence-corrected chi connectivity index (χ1v) is 8.73. The molecular weight excluding hydrogens is 354 g/mol. The molecular formula is C15H14ClN3O4S. The van der Waals surface area contributed by atoms with Crippen molar-refractivity contribution in [1.29, 1.82) is 0 Å². The van der Waals surface area contributed by atoms with E-state index in [9.17, 15) is 0 Å². The van der Waals surface area contributed by atoms with Gasteiger partial charge in [-0.1, -0.05) is 36.4 Å². The third-order valence-corrected chi connectivity index (χ3v) is 3.85. The van der Waals surface area contributed by atoms with Gasteiger partial charge >= 0.3 is 11.0 Å². The molecule has 1 heterocycles. The summed E-state index contributed by atoms with van der Waals surface area (Å²) in [7, 11) is -3.05. The van der Waals surface area contributed by atoms with Crippen LogP contribution in [0.3, 0.4) is 0 Å². The molecule has 126 valence electrons. The van der Waals surface area contributed by atoms with Gasteiger partial charge < -0.3 is 5.32 Å². The average Bonchev–Trinajstić information content (AvgIpc) is 2.99. The molecule has 3 rings (SSSR count). The van der Waals surface area contributed by atoms with E-state index in [0.717, 1.165) is 22.2 Å². The highest BCUT2D eigenvalue weighted by atomic mass is 35.7. The van der Waals surface area contributed by atoms with Crippen molar-refractivity contribution in [1.82, 2.24) is 4.98 Å². The molecule has 0 bridgehead atoms. The lowest BCUT2D eigenvalue weighted by Gasteiger charge is -2.17. The van der Waals surface area contributed by atoms with Gasteiger partial charge in [0.2, 0.25) is 0 Å². The van der Waals surface area contributed by atoms with Crippen LogP contribution in [0.4, 0.5) is 5.13 Å². The molecule has 7 nitrogen and oxygen atoms in total. The van der Waals surface area contributed by atoms with Crippen LogP contribution in [-0.2, 0) is 0 Å². The number of hydrogen-bond donors (Lipinski definition) is 1. The van der Waals surface area contributed by atoms with E-state index in [2.05, 4.69) is 38.5 Å². The molecule has 2 aromatic carbocycles. The first kappa shape index (κ1) is 18.3. The Morgan fingerprint density at radius 1 is 0.917 bits per heavy atom. The molecule has 0 unspecified atom stereocenters. The van der Waals surface area contributed by atoms with Gasteiger partial charge in [0.25, 0.3) is 0 Å². The van der Waals surface area contributed by atoms with Crippen LogP contribution in [0.25, 0.3) is 17.1 Å². The minimum atomic E-state index is -4.94. The van der Waals surface area contributed by atoms with Gasteiger partial charge in [-0.3, -0.25) is 0 Å². The molecule has 3 aromatic rings. The van der Waals surface area contributed by atoms with Gasteiger partial charge in [-0.25, -0.2) is 18.6 Å². The third-order valence-electron chi connectivity index (χ3n) is 2.81. The summed E-state index contributed by atoms with van der Waals surface area (Å²) in [5, 5.41) is 4.02. The summed E-state index contributed by atoms with van der Waals surface area (Å²) in [6.07, 6.45) is 0. The SMILES string of the molecule is CNc1nc(-c2ccccc2)[n+](-c2ccccc2)s1.[O-][Cl+3]([O-])([O-])[O-]. The summed E-state index contributed by atoms with van der Waals surface area (Å²) >= 11 is 1.60. The van der Waals surface area contributed by atoms with Crippen molar-refractivity contribution in [2.75, 3.05) is 12.4 Å². The average molecular weight is 368 g/mol. The molecule has 0 amide bonds. The number of aromatic nitrogens is 2. The highest BCUT2D eigenvalue weighted by Gasteiger charge is 2.23. The van der Waals surface area contributed by atoms with Crippen molar-refractivity contribution in [3.05, 3.63) is 60.7 Å². The van der Waals surface area contributed by atoms with Crippen molar-refractivity contribution in [3.63, 3.8) is 0 Å². The zero-order chi connectivity index (χ0) is 17.6. The van der Waals surface area contributed by atoms with Crippen LogP contribution in [0.1, 0.15) is 0 Å². The summed E-state index contributed by atoms with van der Waals surface area (Å²) < 4.78 is 36.1. The largest absolute Gasteiger partial charge is 0.350 e. The normalized spacial score (nSPS) is 10.7. The molecule has 0 spiro atoms. The number of nitrogens with one attached hydrogen (secondary N) is 1. The maximum Gasteiger partial charge on any atom is 0.350 e. The number of halogens is 1. The molecule has 24 heavy (non-hydrogen) atoms. The zero-order valence-corrected chi connectivity index (χ0v) is 14.2. The summed E-state index contributed by atoms with van der Waals surface area (Å²) in [6.45, 7) is 0. The van der Waals surface area contributed by atoms with Crippen LogP contribution >= 0.6 is 11.5 Å².